The molecule has 0 aliphatic rings. The first-order valence-corrected chi connectivity index (χ1v) is 7.32. The van der Waals surface area contributed by atoms with E-state index in [1.807, 2.05) is 30.3 Å². The third-order valence-electron chi connectivity index (χ3n) is 3.43. The fourth-order valence-corrected chi connectivity index (χ4v) is 2.14. The van der Waals surface area contributed by atoms with E-state index in [0.29, 0.717) is 6.61 Å². The summed E-state index contributed by atoms with van der Waals surface area (Å²) in [5.74, 6) is 0.889. The maximum Gasteiger partial charge on any atom is 0.119 e. The summed E-state index contributed by atoms with van der Waals surface area (Å²) in [6.45, 7) is 2.79. The quantitative estimate of drug-likeness (QED) is 0.791. The van der Waals surface area contributed by atoms with Crippen LogP contribution in [0.1, 0.15) is 43.4 Å². The summed E-state index contributed by atoms with van der Waals surface area (Å²) < 4.78 is 5.77. The molecule has 0 amide bonds. The monoisotopic (exact) mass is 305 g/mol. The van der Waals surface area contributed by atoms with Gasteiger partial charge in [-0.15, -0.1) is 12.4 Å². The van der Waals surface area contributed by atoms with Gasteiger partial charge in [0.15, 0.2) is 0 Å². The van der Waals surface area contributed by atoms with Crippen LogP contribution in [-0.4, -0.2) is 0 Å². The minimum atomic E-state index is 0. The molecule has 3 heteroatoms. The van der Waals surface area contributed by atoms with E-state index >= 15 is 0 Å². The number of hydrogen-bond donors (Lipinski definition) is 1. The highest BCUT2D eigenvalue weighted by Crippen LogP contribution is 2.20. The van der Waals surface area contributed by atoms with Crippen molar-refractivity contribution in [3.05, 3.63) is 65.7 Å². The molecule has 0 heterocycles. The Bertz CT molecular complexity index is 498. The Balaban J connectivity index is 0.00000220. The van der Waals surface area contributed by atoms with E-state index in [0.717, 1.165) is 12.2 Å². The summed E-state index contributed by atoms with van der Waals surface area (Å²) in [6.07, 6.45) is 3.40. The molecule has 0 radical (unpaired) electrons. The van der Waals surface area contributed by atoms with E-state index in [9.17, 15) is 0 Å². The fraction of sp³-hybridized carbons (Fsp3) is 0.333. The molecular formula is C18H24ClNO. The second-order valence-corrected chi connectivity index (χ2v) is 5.09. The number of benzene rings is 2. The van der Waals surface area contributed by atoms with E-state index < -0.39 is 0 Å². The lowest BCUT2D eigenvalue weighted by molar-refractivity contribution is 0.306. The maximum atomic E-state index is 6.16. The summed E-state index contributed by atoms with van der Waals surface area (Å²) in [5, 5.41) is 0. The number of rotatable bonds is 7. The van der Waals surface area contributed by atoms with E-state index in [-0.39, 0.29) is 18.4 Å². The highest BCUT2D eigenvalue weighted by atomic mass is 35.5. The lowest BCUT2D eigenvalue weighted by atomic mass is 10.0. The highest BCUT2D eigenvalue weighted by molar-refractivity contribution is 5.85. The molecule has 21 heavy (non-hydrogen) atoms. The van der Waals surface area contributed by atoms with Gasteiger partial charge in [0.25, 0.3) is 0 Å². The molecular weight excluding hydrogens is 282 g/mol. The zero-order valence-electron chi connectivity index (χ0n) is 12.5. The van der Waals surface area contributed by atoms with Gasteiger partial charge in [0, 0.05) is 6.04 Å². The van der Waals surface area contributed by atoms with Gasteiger partial charge in [0.05, 0.1) is 0 Å². The topological polar surface area (TPSA) is 35.2 Å². The fourth-order valence-electron chi connectivity index (χ4n) is 2.14. The molecule has 0 aliphatic carbocycles. The molecule has 1 atom stereocenters. The van der Waals surface area contributed by atoms with Crippen molar-refractivity contribution in [3.8, 4) is 5.75 Å². The Hall–Kier alpha value is -1.51. The Kier molecular flexibility index (Phi) is 7.88. The first kappa shape index (κ1) is 17.5. The van der Waals surface area contributed by atoms with Crippen LogP contribution in [0.3, 0.4) is 0 Å². The first-order valence-electron chi connectivity index (χ1n) is 7.32. The smallest absolute Gasteiger partial charge is 0.119 e. The van der Waals surface area contributed by atoms with Crippen LogP contribution in [0.2, 0.25) is 0 Å². The molecule has 0 fully saturated rings. The SMILES string of the molecule is CCCC[C@@H](N)c1ccc(OCc2ccccc2)cc1.Cl. The Morgan fingerprint density at radius 1 is 1.00 bits per heavy atom. The van der Waals surface area contributed by atoms with E-state index in [2.05, 4.69) is 31.2 Å². The molecule has 2 N–H and O–H groups in total. The molecule has 2 aromatic rings. The van der Waals surface area contributed by atoms with Crippen molar-refractivity contribution in [1.82, 2.24) is 0 Å². The number of ether oxygens (including phenoxy) is 1. The van der Waals surface area contributed by atoms with Crippen LogP contribution in [0, 0.1) is 0 Å². The van der Waals surface area contributed by atoms with E-state index in [4.69, 9.17) is 10.5 Å². The standard InChI is InChI=1S/C18H23NO.ClH/c1-2-3-9-18(19)16-10-12-17(13-11-16)20-14-15-7-5-4-6-8-15;/h4-8,10-13,18H,2-3,9,14,19H2,1H3;1H/t18-;/m1./s1. The van der Waals surface area contributed by atoms with Gasteiger partial charge in [-0.05, 0) is 29.7 Å². The molecule has 0 unspecified atom stereocenters. The van der Waals surface area contributed by atoms with Crippen LogP contribution < -0.4 is 10.5 Å². The number of halogens is 1. The molecule has 0 aliphatic heterocycles. The normalized spacial score (nSPS) is 11.5. The van der Waals surface area contributed by atoms with Crippen molar-refractivity contribution in [3.63, 3.8) is 0 Å². The highest BCUT2D eigenvalue weighted by Gasteiger charge is 2.05. The van der Waals surface area contributed by atoms with Crippen LogP contribution in [-0.2, 0) is 6.61 Å². The minimum Gasteiger partial charge on any atom is -0.489 e. The summed E-state index contributed by atoms with van der Waals surface area (Å²) in [6, 6.07) is 18.5. The average molecular weight is 306 g/mol. The lowest BCUT2D eigenvalue weighted by Crippen LogP contribution is -2.09. The van der Waals surface area contributed by atoms with Gasteiger partial charge in [-0.3, -0.25) is 0 Å². The molecule has 0 bridgehead atoms. The molecule has 0 saturated carbocycles. The van der Waals surface area contributed by atoms with Crippen LogP contribution in [0.5, 0.6) is 5.75 Å². The largest absolute Gasteiger partial charge is 0.489 e. The van der Waals surface area contributed by atoms with Crippen molar-refractivity contribution >= 4 is 12.4 Å². The van der Waals surface area contributed by atoms with Gasteiger partial charge in [0.1, 0.15) is 12.4 Å². The van der Waals surface area contributed by atoms with Crippen LogP contribution >= 0.6 is 12.4 Å². The summed E-state index contributed by atoms with van der Waals surface area (Å²) in [4.78, 5) is 0. The van der Waals surface area contributed by atoms with Gasteiger partial charge in [-0.25, -0.2) is 0 Å². The van der Waals surface area contributed by atoms with E-state index in [1.54, 1.807) is 0 Å². The molecule has 0 aromatic heterocycles. The molecule has 2 rings (SSSR count). The summed E-state index contributed by atoms with van der Waals surface area (Å²) >= 11 is 0. The zero-order chi connectivity index (χ0) is 14.2. The van der Waals surface area contributed by atoms with Crippen LogP contribution in [0.25, 0.3) is 0 Å². The van der Waals surface area contributed by atoms with Crippen molar-refractivity contribution < 1.29 is 4.74 Å². The van der Waals surface area contributed by atoms with Gasteiger partial charge in [-0.2, -0.15) is 0 Å². The molecule has 0 saturated heterocycles. The number of unbranched alkanes of at least 4 members (excludes halogenated alkanes) is 1. The predicted octanol–water partition coefficient (Wildman–Crippen LogP) is 4.88. The van der Waals surface area contributed by atoms with Crippen LogP contribution in [0.4, 0.5) is 0 Å². The third kappa shape index (κ3) is 5.78. The number of hydrogen-bond acceptors (Lipinski definition) is 2. The van der Waals surface area contributed by atoms with Gasteiger partial charge in [-0.1, -0.05) is 62.2 Å². The van der Waals surface area contributed by atoms with Crippen molar-refractivity contribution in [2.75, 3.05) is 0 Å². The Morgan fingerprint density at radius 3 is 2.29 bits per heavy atom. The summed E-state index contributed by atoms with van der Waals surface area (Å²) in [5.41, 5.74) is 8.52. The second kappa shape index (κ2) is 9.43. The Labute approximate surface area is 133 Å². The average Bonchev–Trinajstić information content (AvgIpc) is 2.52. The third-order valence-corrected chi connectivity index (χ3v) is 3.43. The van der Waals surface area contributed by atoms with E-state index in [1.165, 1.54) is 24.0 Å². The van der Waals surface area contributed by atoms with Crippen LogP contribution in [0.15, 0.2) is 54.6 Å². The van der Waals surface area contributed by atoms with Gasteiger partial charge in [0.2, 0.25) is 0 Å². The second-order valence-electron chi connectivity index (χ2n) is 5.09. The predicted molar refractivity (Wildman–Crippen MR) is 90.9 cm³/mol. The molecule has 2 aromatic carbocycles. The molecule has 114 valence electrons. The molecule has 2 nitrogen and oxygen atoms in total. The lowest BCUT2D eigenvalue weighted by Gasteiger charge is -2.12. The Morgan fingerprint density at radius 2 is 1.67 bits per heavy atom. The maximum absolute atomic E-state index is 6.16. The zero-order valence-corrected chi connectivity index (χ0v) is 13.3. The number of nitrogens with two attached hydrogens (primary N) is 1. The molecule has 0 spiro atoms. The van der Waals surface area contributed by atoms with Gasteiger partial charge >= 0.3 is 0 Å². The van der Waals surface area contributed by atoms with Crippen molar-refractivity contribution in [2.45, 2.75) is 38.8 Å². The van der Waals surface area contributed by atoms with Crippen molar-refractivity contribution in [2.24, 2.45) is 5.73 Å². The first-order chi connectivity index (χ1) is 9.79. The summed E-state index contributed by atoms with van der Waals surface area (Å²) in [7, 11) is 0. The van der Waals surface area contributed by atoms with Gasteiger partial charge < -0.3 is 10.5 Å². The minimum absolute atomic E-state index is 0. The van der Waals surface area contributed by atoms with Crippen molar-refractivity contribution in [1.29, 1.82) is 0 Å².